The van der Waals surface area contributed by atoms with Crippen molar-refractivity contribution in [3.05, 3.63) is 71.3 Å². The Bertz CT molecular complexity index is 658. The number of ether oxygens (including phenoxy) is 1. The molecule has 3 rings (SSSR count). The second kappa shape index (κ2) is 8.16. The average Bonchev–Trinajstić information content (AvgIpc) is 2.62. The third-order valence-electron chi connectivity index (χ3n) is 4.72. The van der Waals surface area contributed by atoms with Crippen molar-refractivity contribution in [2.45, 2.75) is 38.3 Å². The van der Waals surface area contributed by atoms with E-state index < -0.39 is 0 Å². The van der Waals surface area contributed by atoms with Gasteiger partial charge in [-0.15, -0.1) is 0 Å². The molecule has 1 unspecified atom stereocenters. The van der Waals surface area contributed by atoms with Crippen molar-refractivity contribution in [1.82, 2.24) is 4.90 Å². The Hall–Kier alpha value is -2.06. The van der Waals surface area contributed by atoms with Crippen LogP contribution < -0.4 is 4.74 Å². The van der Waals surface area contributed by atoms with Crippen molar-refractivity contribution < 1.29 is 4.74 Å². The molecule has 0 amide bonds. The summed E-state index contributed by atoms with van der Waals surface area (Å²) >= 11 is 0. The minimum Gasteiger partial charge on any atom is -0.489 e. The van der Waals surface area contributed by atoms with E-state index in [1.807, 2.05) is 18.2 Å². The molecule has 0 N–H and O–H groups in total. The first-order valence-corrected chi connectivity index (χ1v) is 8.86. The van der Waals surface area contributed by atoms with E-state index in [4.69, 9.17) is 4.74 Å². The van der Waals surface area contributed by atoms with Crippen LogP contribution in [0.25, 0.3) is 6.08 Å². The SMILES string of the molecule is CN(C)C1CCCC/C1=C\c1ccc(OCc2ccccc2)cc1. The zero-order chi connectivity index (χ0) is 16.8. The van der Waals surface area contributed by atoms with Gasteiger partial charge in [0.05, 0.1) is 0 Å². The second-order valence-corrected chi connectivity index (χ2v) is 6.79. The van der Waals surface area contributed by atoms with Gasteiger partial charge in [-0.2, -0.15) is 0 Å². The summed E-state index contributed by atoms with van der Waals surface area (Å²) in [5.41, 5.74) is 4.02. The van der Waals surface area contributed by atoms with E-state index in [0.29, 0.717) is 12.6 Å². The van der Waals surface area contributed by atoms with Gasteiger partial charge in [-0.3, -0.25) is 0 Å². The molecule has 1 saturated carbocycles. The molecule has 1 atom stereocenters. The van der Waals surface area contributed by atoms with Crippen LogP contribution in [0.1, 0.15) is 36.8 Å². The van der Waals surface area contributed by atoms with E-state index >= 15 is 0 Å². The Balaban J connectivity index is 1.64. The molecule has 0 saturated heterocycles. The first kappa shape index (κ1) is 16.8. The van der Waals surface area contributed by atoms with E-state index in [-0.39, 0.29) is 0 Å². The molecule has 0 spiro atoms. The van der Waals surface area contributed by atoms with Gasteiger partial charge >= 0.3 is 0 Å². The monoisotopic (exact) mass is 321 g/mol. The molecule has 1 aliphatic rings. The number of hydrogen-bond acceptors (Lipinski definition) is 2. The Labute approximate surface area is 145 Å². The first-order valence-electron chi connectivity index (χ1n) is 8.86. The Morgan fingerprint density at radius 1 is 1.00 bits per heavy atom. The number of benzene rings is 2. The zero-order valence-electron chi connectivity index (χ0n) is 14.7. The van der Waals surface area contributed by atoms with Crippen LogP contribution in [-0.4, -0.2) is 25.0 Å². The number of likely N-dealkylation sites (N-methyl/N-ethyl adjacent to an activating group) is 1. The molecule has 2 aromatic rings. The van der Waals surface area contributed by atoms with Gasteiger partial charge in [-0.05, 0) is 56.6 Å². The summed E-state index contributed by atoms with van der Waals surface area (Å²) in [7, 11) is 4.37. The van der Waals surface area contributed by atoms with Gasteiger partial charge in [-0.1, -0.05) is 60.5 Å². The first-order chi connectivity index (χ1) is 11.7. The van der Waals surface area contributed by atoms with Gasteiger partial charge in [0, 0.05) is 6.04 Å². The Kier molecular flexibility index (Phi) is 5.71. The highest BCUT2D eigenvalue weighted by Gasteiger charge is 2.20. The van der Waals surface area contributed by atoms with Gasteiger partial charge in [0.15, 0.2) is 0 Å². The third kappa shape index (κ3) is 4.48. The van der Waals surface area contributed by atoms with E-state index in [1.54, 1.807) is 5.57 Å². The predicted octanol–water partition coefficient (Wildman–Crippen LogP) is 5.15. The summed E-state index contributed by atoms with van der Waals surface area (Å²) < 4.78 is 5.87. The van der Waals surface area contributed by atoms with Crippen LogP contribution in [0.2, 0.25) is 0 Å². The molecule has 0 aromatic heterocycles. The quantitative estimate of drug-likeness (QED) is 0.755. The smallest absolute Gasteiger partial charge is 0.119 e. The van der Waals surface area contributed by atoms with Crippen molar-refractivity contribution >= 4 is 6.08 Å². The van der Waals surface area contributed by atoms with Crippen molar-refractivity contribution in [3.63, 3.8) is 0 Å². The molecule has 1 fully saturated rings. The van der Waals surface area contributed by atoms with Crippen LogP contribution in [0, 0.1) is 0 Å². The Morgan fingerprint density at radius 2 is 1.75 bits per heavy atom. The molecule has 2 heteroatoms. The number of rotatable bonds is 5. The van der Waals surface area contributed by atoms with Crippen molar-refractivity contribution in [2.75, 3.05) is 14.1 Å². The molecule has 0 bridgehead atoms. The Morgan fingerprint density at radius 3 is 2.46 bits per heavy atom. The largest absolute Gasteiger partial charge is 0.489 e. The fraction of sp³-hybridized carbons (Fsp3) is 0.364. The van der Waals surface area contributed by atoms with Gasteiger partial charge in [0.25, 0.3) is 0 Å². The van der Waals surface area contributed by atoms with Crippen LogP contribution in [-0.2, 0) is 6.61 Å². The molecular weight excluding hydrogens is 294 g/mol. The van der Waals surface area contributed by atoms with Gasteiger partial charge in [0.1, 0.15) is 12.4 Å². The highest BCUT2D eigenvalue weighted by atomic mass is 16.5. The van der Waals surface area contributed by atoms with Gasteiger partial charge in [0.2, 0.25) is 0 Å². The minimum absolute atomic E-state index is 0.591. The summed E-state index contributed by atoms with van der Waals surface area (Å²) in [6.45, 7) is 0.615. The standard InChI is InChI=1S/C22H27NO/c1-23(2)22-11-7-6-10-20(22)16-18-12-14-21(15-13-18)24-17-19-8-4-3-5-9-19/h3-5,8-9,12-16,22H,6-7,10-11,17H2,1-2H3/b20-16+. The maximum atomic E-state index is 5.87. The molecule has 0 heterocycles. The van der Waals surface area contributed by atoms with Gasteiger partial charge in [-0.25, -0.2) is 0 Å². The van der Waals surface area contributed by atoms with E-state index in [1.165, 1.54) is 36.8 Å². The highest BCUT2D eigenvalue weighted by Crippen LogP contribution is 2.28. The molecule has 24 heavy (non-hydrogen) atoms. The number of nitrogens with zero attached hydrogens (tertiary/aromatic N) is 1. The third-order valence-corrected chi connectivity index (χ3v) is 4.72. The normalized spacial score (nSPS) is 19.6. The predicted molar refractivity (Wildman–Crippen MR) is 101 cm³/mol. The van der Waals surface area contributed by atoms with Crippen LogP contribution in [0.15, 0.2) is 60.2 Å². The van der Waals surface area contributed by atoms with Crippen LogP contribution in [0.4, 0.5) is 0 Å². The summed E-state index contributed by atoms with van der Waals surface area (Å²) in [4.78, 5) is 2.35. The lowest BCUT2D eigenvalue weighted by Crippen LogP contribution is -2.31. The lowest BCUT2D eigenvalue weighted by Gasteiger charge is -2.31. The van der Waals surface area contributed by atoms with E-state index in [0.717, 1.165) is 5.75 Å². The second-order valence-electron chi connectivity index (χ2n) is 6.79. The van der Waals surface area contributed by atoms with E-state index in [9.17, 15) is 0 Å². The summed E-state index contributed by atoms with van der Waals surface area (Å²) in [5.74, 6) is 0.925. The zero-order valence-corrected chi connectivity index (χ0v) is 14.7. The minimum atomic E-state index is 0.591. The van der Waals surface area contributed by atoms with Crippen molar-refractivity contribution in [3.8, 4) is 5.75 Å². The maximum Gasteiger partial charge on any atom is 0.119 e. The van der Waals surface area contributed by atoms with Crippen LogP contribution >= 0.6 is 0 Å². The lowest BCUT2D eigenvalue weighted by atomic mass is 9.88. The van der Waals surface area contributed by atoms with Gasteiger partial charge < -0.3 is 9.64 Å². The topological polar surface area (TPSA) is 12.5 Å². The van der Waals surface area contributed by atoms with Crippen LogP contribution in [0.3, 0.4) is 0 Å². The fourth-order valence-electron chi connectivity index (χ4n) is 3.39. The lowest BCUT2D eigenvalue weighted by molar-refractivity contribution is 0.285. The van der Waals surface area contributed by atoms with Crippen molar-refractivity contribution in [1.29, 1.82) is 0 Å². The molecule has 2 aromatic carbocycles. The molecule has 0 radical (unpaired) electrons. The molecular formula is C22H27NO. The fourth-order valence-corrected chi connectivity index (χ4v) is 3.39. The molecule has 126 valence electrons. The van der Waals surface area contributed by atoms with Crippen LogP contribution in [0.5, 0.6) is 5.75 Å². The maximum absolute atomic E-state index is 5.87. The molecule has 0 aliphatic heterocycles. The van der Waals surface area contributed by atoms with Crippen molar-refractivity contribution in [2.24, 2.45) is 0 Å². The average molecular weight is 321 g/mol. The summed E-state index contributed by atoms with van der Waals surface area (Å²) in [5, 5.41) is 0. The highest BCUT2D eigenvalue weighted by molar-refractivity contribution is 5.55. The summed E-state index contributed by atoms with van der Waals surface area (Å²) in [6, 6.07) is 19.3. The molecule has 2 nitrogen and oxygen atoms in total. The van der Waals surface area contributed by atoms with E-state index in [2.05, 4.69) is 61.5 Å². The molecule has 1 aliphatic carbocycles. The summed E-state index contributed by atoms with van der Waals surface area (Å²) in [6.07, 6.45) is 7.51. The number of hydrogen-bond donors (Lipinski definition) is 0.